The number of carboxylic acid groups (broad SMARTS) is 2. The van der Waals surface area contributed by atoms with Crippen LogP contribution in [-0.2, 0) is 9.59 Å². The van der Waals surface area contributed by atoms with Crippen LogP contribution in [0.4, 0.5) is 11.4 Å². The van der Waals surface area contributed by atoms with Crippen LogP contribution in [0.25, 0.3) is 0 Å². The van der Waals surface area contributed by atoms with Gasteiger partial charge in [-0.3, -0.25) is 4.90 Å². The van der Waals surface area contributed by atoms with Crippen LogP contribution in [0.1, 0.15) is 19.3 Å². The summed E-state index contributed by atoms with van der Waals surface area (Å²) in [7, 11) is 2.29. The second kappa shape index (κ2) is 8.53. The average molecular weight is 347 g/mol. The number of benzene rings is 1. The smallest absolute Gasteiger partial charge is 0.328 e. The highest BCUT2D eigenvalue weighted by atomic mass is 16.4. The number of fused-ring (bicyclic) bond motifs is 2. The molecule has 3 rings (SSSR count). The Hall–Kier alpha value is -2.54. The zero-order valence-corrected chi connectivity index (χ0v) is 14.3. The van der Waals surface area contributed by atoms with Crippen LogP contribution in [0.3, 0.4) is 0 Å². The van der Waals surface area contributed by atoms with E-state index in [-0.39, 0.29) is 0 Å². The molecular formula is C18H25N3O4. The lowest BCUT2D eigenvalue weighted by Gasteiger charge is -2.27. The Bertz CT molecular complexity index is 614. The summed E-state index contributed by atoms with van der Waals surface area (Å²) in [4.78, 5) is 24.2. The van der Waals surface area contributed by atoms with Crippen molar-refractivity contribution in [3.05, 3.63) is 36.4 Å². The van der Waals surface area contributed by atoms with E-state index in [1.807, 2.05) is 12.1 Å². The third kappa shape index (κ3) is 5.49. The van der Waals surface area contributed by atoms with Crippen molar-refractivity contribution in [2.75, 3.05) is 30.8 Å². The maximum atomic E-state index is 9.55. The molecule has 2 bridgehead atoms. The number of likely N-dealkylation sites (N-methyl/N-ethyl adjacent to an activating group) is 1. The zero-order chi connectivity index (χ0) is 18.4. The van der Waals surface area contributed by atoms with Gasteiger partial charge in [-0.15, -0.1) is 0 Å². The van der Waals surface area contributed by atoms with E-state index in [1.54, 1.807) is 0 Å². The van der Waals surface area contributed by atoms with E-state index in [1.165, 1.54) is 31.5 Å². The largest absolute Gasteiger partial charge is 0.478 e. The van der Waals surface area contributed by atoms with Crippen LogP contribution < -0.4 is 10.6 Å². The molecule has 2 fully saturated rings. The molecule has 2 aliphatic rings. The number of rotatable bonds is 3. The first-order chi connectivity index (χ1) is 11.9. The van der Waals surface area contributed by atoms with Crippen molar-refractivity contribution in [3.63, 3.8) is 0 Å². The second-order valence-electron chi connectivity index (χ2n) is 6.39. The lowest BCUT2D eigenvalue weighted by atomic mass is 10.1. The van der Waals surface area contributed by atoms with Gasteiger partial charge in [0.15, 0.2) is 0 Å². The van der Waals surface area contributed by atoms with Crippen LogP contribution in [0, 0.1) is 0 Å². The Labute approximate surface area is 147 Å². The molecule has 1 aromatic rings. The van der Waals surface area contributed by atoms with Crippen molar-refractivity contribution in [1.29, 1.82) is 0 Å². The van der Waals surface area contributed by atoms with Gasteiger partial charge in [-0.25, -0.2) is 9.59 Å². The molecule has 1 aromatic carbocycles. The van der Waals surface area contributed by atoms with Gasteiger partial charge in [-0.2, -0.15) is 0 Å². The lowest BCUT2D eigenvalue weighted by Crippen LogP contribution is -2.36. The first kappa shape index (κ1) is 18.8. The van der Waals surface area contributed by atoms with E-state index < -0.39 is 11.9 Å². The SMILES string of the molecule is CN1C2CCC1CN(c1ccc(N)cc1)CC2.O=C(O)/C=C/C(=O)O. The number of aliphatic carboxylic acids is 2. The van der Waals surface area contributed by atoms with E-state index in [2.05, 4.69) is 29.0 Å². The number of hydrogen-bond donors (Lipinski definition) is 3. The average Bonchev–Trinajstić information content (AvgIpc) is 2.80. The van der Waals surface area contributed by atoms with Crippen LogP contribution in [0.15, 0.2) is 36.4 Å². The quantitative estimate of drug-likeness (QED) is 0.564. The molecule has 0 aromatic heterocycles. The van der Waals surface area contributed by atoms with Gasteiger partial charge < -0.3 is 20.8 Å². The van der Waals surface area contributed by atoms with Crippen molar-refractivity contribution in [1.82, 2.24) is 4.90 Å². The molecule has 2 heterocycles. The first-order valence-corrected chi connectivity index (χ1v) is 8.33. The topological polar surface area (TPSA) is 107 Å². The highest BCUT2D eigenvalue weighted by molar-refractivity contribution is 5.89. The van der Waals surface area contributed by atoms with Crippen molar-refractivity contribution in [2.24, 2.45) is 0 Å². The molecule has 0 amide bonds. The molecule has 7 heteroatoms. The molecule has 7 nitrogen and oxygen atoms in total. The van der Waals surface area contributed by atoms with Gasteiger partial charge >= 0.3 is 11.9 Å². The molecule has 2 unspecified atom stereocenters. The van der Waals surface area contributed by atoms with E-state index >= 15 is 0 Å². The van der Waals surface area contributed by atoms with Gasteiger partial charge in [0.1, 0.15) is 0 Å². The maximum absolute atomic E-state index is 9.55. The van der Waals surface area contributed by atoms with Gasteiger partial charge in [0.2, 0.25) is 0 Å². The minimum Gasteiger partial charge on any atom is -0.478 e. The van der Waals surface area contributed by atoms with Gasteiger partial charge in [0.05, 0.1) is 0 Å². The fourth-order valence-corrected chi connectivity index (χ4v) is 3.37. The zero-order valence-electron chi connectivity index (χ0n) is 14.3. The third-order valence-electron chi connectivity index (χ3n) is 4.78. The minimum absolute atomic E-state index is 0.558. The number of nitrogen functional groups attached to an aromatic ring is 1. The molecule has 136 valence electrons. The molecule has 0 saturated carbocycles. The number of anilines is 2. The summed E-state index contributed by atoms with van der Waals surface area (Å²) in [5.41, 5.74) is 7.91. The summed E-state index contributed by atoms with van der Waals surface area (Å²) in [5.74, 6) is -2.51. The van der Waals surface area contributed by atoms with Gasteiger partial charge in [-0.05, 0) is 50.6 Å². The van der Waals surface area contributed by atoms with Gasteiger partial charge in [0.25, 0.3) is 0 Å². The van der Waals surface area contributed by atoms with Crippen molar-refractivity contribution < 1.29 is 19.8 Å². The first-order valence-electron chi connectivity index (χ1n) is 8.33. The molecule has 2 saturated heterocycles. The molecule has 25 heavy (non-hydrogen) atoms. The Morgan fingerprint density at radius 1 is 1.04 bits per heavy atom. The minimum atomic E-state index is -1.26. The van der Waals surface area contributed by atoms with E-state index in [0.29, 0.717) is 12.2 Å². The summed E-state index contributed by atoms with van der Waals surface area (Å²) in [6.07, 6.45) is 5.14. The number of carbonyl (C=O) groups is 2. The Balaban J connectivity index is 0.000000242. The Kier molecular flexibility index (Phi) is 6.41. The maximum Gasteiger partial charge on any atom is 0.328 e. The predicted molar refractivity (Wildman–Crippen MR) is 96.7 cm³/mol. The molecular weight excluding hydrogens is 322 g/mol. The fourth-order valence-electron chi connectivity index (χ4n) is 3.37. The summed E-state index contributed by atoms with van der Waals surface area (Å²) in [6, 6.07) is 9.84. The predicted octanol–water partition coefficient (Wildman–Crippen LogP) is 1.65. The normalized spacial score (nSPS) is 23.0. The Morgan fingerprint density at radius 3 is 2.16 bits per heavy atom. The van der Waals surface area contributed by atoms with E-state index in [4.69, 9.17) is 15.9 Å². The van der Waals surface area contributed by atoms with Crippen LogP contribution in [0.2, 0.25) is 0 Å². The second-order valence-corrected chi connectivity index (χ2v) is 6.39. The molecule has 2 aliphatic heterocycles. The Morgan fingerprint density at radius 2 is 1.60 bits per heavy atom. The monoisotopic (exact) mass is 347 g/mol. The van der Waals surface area contributed by atoms with Crippen molar-refractivity contribution in [3.8, 4) is 0 Å². The standard InChI is InChI=1S/C14H21N3.C4H4O4/c1-16-12-6-7-14(16)10-17(9-8-12)13-4-2-11(15)3-5-13;5-3(6)1-2-4(7)8/h2-5,12,14H,6-10,15H2,1H3;1-2H,(H,5,6)(H,7,8)/b;2-1+. The molecule has 0 aliphatic carbocycles. The van der Waals surface area contributed by atoms with Crippen molar-refractivity contribution in [2.45, 2.75) is 31.3 Å². The number of nitrogens with zero attached hydrogens (tertiary/aromatic N) is 2. The molecule has 0 spiro atoms. The van der Waals surface area contributed by atoms with Crippen LogP contribution in [0.5, 0.6) is 0 Å². The molecule has 2 atom stereocenters. The summed E-state index contributed by atoms with van der Waals surface area (Å²) < 4.78 is 0. The lowest BCUT2D eigenvalue weighted by molar-refractivity contribution is -0.134. The van der Waals surface area contributed by atoms with Crippen molar-refractivity contribution >= 4 is 23.3 Å². The van der Waals surface area contributed by atoms with Crippen LogP contribution >= 0.6 is 0 Å². The third-order valence-corrected chi connectivity index (χ3v) is 4.78. The number of carboxylic acids is 2. The fraction of sp³-hybridized carbons (Fsp3) is 0.444. The summed E-state index contributed by atoms with van der Waals surface area (Å²) in [5, 5.41) is 15.6. The molecule has 0 radical (unpaired) electrons. The van der Waals surface area contributed by atoms with E-state index in [0.717, 1.165) is 24.3 Å². The highest BCUT2D eigenvalue weighted by Gasteiger charge is 2.34. The van der Waals surface area contributed by atoms with Crippen LogP contribution in [-0.4, -0.2) is 59.3 Å². The van der Waals surface area contributed by atoms with Gasteiger partial charge in [0, 0.05) is 48.7 Å². The summed E-state index contributed by atoms with van der Waals surface area (Å²) >= 11 is 0. The van der Waals surface area contributed by atoms with E-state index in [9.17, 15) is 9.59 Å². The molecule has 4 N–H and O–H groups in total. The number of hydrogen-bond acceptors (Lipinski definition) is 5. The summed E-state index contributed by atoms with van der Waals surface area (Å²) in [6.45, 7) is 2.34. The number of nitrogens with two attached hydrogens (primary N) is 1. The highest BCUT2D eigenvalue weighted by Crippen LogP contribution is 2.30. The van der Waals surface area contributed by atoms with Gasteiger partial charge in [-0.1, -0.05) is 0 Å².